The highest BCUT2D eigenvalue weighted by molar-refractivity contribution is 7.91. The van der Waals surface area contributed by atoms with Gasteiger partial charge in [0.15, 0.2) is 9.84 Å². The molecule has 0 spiro atoms. The lowest BCUT2D eigenvalue weighted by Gasteiger charge is -2.39. The summed E-state index contributed by atoms with van der Waals surface area (Å²) in [6, 6.07) is 14.8. The van der Waals surface area contributed by atoms with Crippen LogP contribution >= 0.6 is 0 Å². The number of sulfone groups is 1. The first-order valence-corrected chi connectivity index (χ1v) is 12.4. The first-order valence-electron chi connectivity index (χ1n) is 10.7. The van der Waals surface area contributed by atoms with Crippen LogP contribution in [0.3, 0.4) is 0 Å². The third kappa shape index (κ3) is 6.89. The number of likely N-dealkylation sites (tertiary alicyclic amines) is 1. The maximum atomic E-state index is 12.7. The van der Waals surface area contributed by atoms with Crippen molar-refractivity contribution in [2.75, 3.05) is 13.1 Å². The van der Waals surface area contributed by atoms with Gasteiger partial charge in [0.25, 0.3) is 0 Å². The van der Waals surface area contributed by atoms with Gasteiger partial charge in [-0.1, -0.05) is 49.2 Å². The minimum absolute atomic E-state index is 0.0568. The summed E-state index contributed by atoms with van der Waals surface area (Å²) < 4.78 is 25.3. The number of benzene rings is 1. The quantitative estimate of drug-likeness (QED) is 0.402. The fourth-order valence-electron chi connectivity index (χ4n) is 3.61. The monoisotopic (exact) mass is 443 g/mol. The zero-order valence-electron chi connectivity index (χ0n) is 17.6. The van der Waals surface area contributed by atoms with Crippen molar-refractivity contribution >= 4 is 21.7 Å². The third-order valence-electron chi connectivity index (χ3n) is 5.36. The van der Waals surface area contributed by atoms with Crippen molar-refractivity contribution in [1.29, 1.82) is 0 Å². The van der Waals surface area contributed by atoms with Gasteiger partial charge in [0.05, 0.1) is 12.2 Å². The molecule has 1 aromatic heterocycles. The molecule has 31 heavy (non-hydrogen) atoms. The summed E-state index contributed by atoms with van der Waals surface area (Å²) in [5.74, 6) is -0.754. The van der Waals surface area contributed by atoms with Crippen molar-refractivity contribution in [2.45, 2.75) is 49.7 Å². The minimum atomic E-state index is -3.54. The number of nitrogens with one attached hydrogen (secondary N) is 1. The fourth-order valence-corrected chi connectivity index (χ4v) is 5.43. The second kappa shape index (κ2) is 11.0. The van der Waals surface area contributed by atoms with Gasteiger partial charge in [-0.15, -0.1) is 0 Å². The Morgan fingerprint density at radius 2 is 1.77 bits per heavy atom. The van der Waals surface area contributed by atoms with Crippen molar-refractivity contribution in [1.82, 2.24) is 15.2 Å². The van der Waals surface area contributed by atoms with Crippen LogP contribution in [-0.2, 0) is 31.6 Å². The standard InChI is InChI=1S/C23H29N3O4S/c27-21(25-15-8-2-1-6-12-20-13-7-9-14-24-20)17-26-22(28)16-23(26)31(29,30)18-19-10-4-3-5-11-19/h3-5,7,9-11,13-14,23H,1-2,6,8,12,15-18H2,(H,25,27). The molecule has 1 aliphatic heterocycles. The molecular formula is C23H29N3O4S. The van der Waals surface area contributed by atoms with Crippen molar-refractivity contribution in [3.63, 3.8) is 0 Å². The van der Waals surface area contributed by atoms with Gasteiger partial charge in [-0.25, -0.2) is 8.42 Å². The molecule has 2 heterocycles. The van der Waals surface area contributed by atoms with Crippen molar-refractivity contribution < 1.29 is 18.0 Å². The van der Waals surface area contributed by atoms with E-state index in [2.05, 4.69) is 10.3 Å². The van der Waals surface area contributed by atoms with E-state index in [9.17, 15) is 18.0 Å². The van der Waals surface area contributed by atoms with E-state index in [0.717, 1.165) is 37.8 Å². The molecule has 1 saturated heterocycles. The molecule has 3 rings (SSSR count). The lowest BCUT2D eigenvalue weighted by atomic mass is 10.1. The van der Waals surface area contributed by atoms with E-state index in [1.54, 1.807) is 30.5 Å². The molecule has 166 valence electrons. The summed E-state index contributed by atoms with van der Waals surface area (Å²) >= 11 is 0. The molecular weight excluding hydrogens is 414 g/mol. The number of β-lactam (4-membered cyclic amide) rings is 1. The second-order valence-corrected chi connectivity index (χ2v) is 9.97. The predicted molar refractivity (Wildman–Crippen MR) is 119 cm³/mol. The Morgan fingerprint density at radius 3 is 2.48 bits per heavy atom. The Hall–Kier alpha value is -2.74. The molecule has 1 aliphatic rings. The Labute approximate surface area is 183 Å². The molecule has 1 fully saturated rings. The van der Waals surface area contributed by atoms with Gasteiger partial charge < -0.3 is 10.2 Å². The van der Waals surface area contributed by atoms with Crippen LogP contribution in [0.4, 0.5) is 0 Å². The van der Waals surface area contributed by atoms with Crippen LogP contribution in [0, 0.1) is 0 Å². The van der Waals surface area contributed by atoms with Gasteiger partial charge in [0.1, 0.15) is 11.9 Å². The van der Waals surface area contributed by atoms with Crippen molar-refractivity contribution in [3.05, 3.63) is 66.0 Å². The summed E-state index contributed by atoms with van der Waals surface area (Å²) in [5, 5.41) is 1.87. The summed E-state index contributed by atoms with van der Waals surface area (Å²) in [6.45, 7) is 0.309. The zero-order valence-corrected chi connectivity index (χ0v) is 18.4. The Morgan fingerprint density at radius 1 is 1.03 bits per heavy atom. The number of hydrogen-bond acceptors (Lipinski definition) is 5. The molecule has 0 aliphatic carbocycles. The number of amides is 2. The van der Waals surface area contributed by atoms with E-state index in [-0.39, 0.29) is 30.5 Å². The van der Waals surface area contributed by atoms with Crippen LogP contribution < -0.4 is 5.32 Å². The van der Waals surface area contributed by atoms with E-state index < -0.39 is 15.2 Å². The lowest BCUT2D eigenvalue weighted by Crippen LogP contribution is -2.59. The maximum absolute atomic E-state index is 12.7. The molecule has 2 aromatic rings. The molecule has 0 saturated carbocycles. The van der Waals surface area contributed by atoms with Crippen LogP contribution in [0.15, 0.2) is 54.7 Å². The third-order valence-corrected chi connectivity index (χ3v) is 7.35. The molecule has 1 unspecified atom stereocenters. The molecule has 0 bridgehead atoms. The van der Waals surface area contributed by atoms with Crippen LogP contribution in [0.25, 0.3) is 0 Å². The minimum Gasteiger partial charge on any atom is -0.355 e. The van der Waals surface area contributed by atoms with Crippen molar-refractivity contribution in [3.8, 4) is 0 Å². The SMILES string of the molecule is O=C(CN1C(=O)CC1S(=O)(=O)Cc1ccccc1)NCCCCCCc1ccccn1. The molecule has 0 radical (unpaired) electrons. The Kier molecular flexibility index (Phi) is 8.17. The van der Waals surface area contributed by atoms with E-state index >= 15 is 0 Å². The zero-order chi connectivity index (χ0) is 22.1. The van der Waals surface area contributed by atoms with E-state index in [0.29, 0.717) is 12.1 Å². The molecule has 1 aromatic carbocycles. The highest BCUT2D eigenvalue weighted by Gasteiger charge is 2.45. The van der Waals surface area contributed by atoms with E-state index in [1.165, 1.54) is 4.90 Å². The first kappa shape index (κ1) is 22.9. The van der Waals surface area contributed by atoms with Gasteiger partial charge in [0, 0.05) is 18.4 Å². The maximum Gasteiger partial charge on any atom is 0.239 e. The number of carbonyl (C=O) groups is 2. The van der Waals surface area contributed by atoms with Crippen molar-refractivity contribution in [2.24, 2.45) is 0 Å². The summed E-state index contributed by atoms with van der Waals surface area (Å²) in [7, 11) is -3.54. The van der Waals surface area contributed by atoms with E-state index in [1.807, 2.05) is 24.3 Å². The number of nitrogens with zero attached hydrogens (tertiary/aromatic N) is 2. The topological polar surface area (TPSA) is 96.4 Å². The average Bonchev–Trinajstić information content (AvgIpc) is 2.76. The lowest BCUT2D eigenvalue weighted by molar-refractivity contribution is -0.145. The predicted octanol–water partition coefficient (Wildman–Crippen LogP) is 2.47. The number of aromatic nitrogens is 1. The number of hydrogen-bond donors (Lipinski definition) is 1. The highest BCUT2D eigenvalue weighted by Crippen LogP contribution is 2.26. The van der Waals surface area contributed by atoms with Crippen LogP contribution in [0.5, 0.6) is 0 Å². The summed E-state index contributed by atoms with van der Waals surface area (Å²) in [6.07, 6.45) is 6.62. The number of unbranched alkanes of at least 4 members (excludes halogenated alkanes) is 3. The fraction of sp³-hybridized carbons (Fsp3) is 0.435. The molecule has 1 N–H and O–H groups in total. The number of pyridine rings is 1. The largest absolute Gasteiger partial charge is 0.355 e. The molecule has 2 amide bonds. The Balaban J connectivity index is 1.34. The number of carbonyl (C=O) groups excluding carboxylic acids is 2. The van der Waals surface area contributed by atoms with Gasteiger partial charge in [0.2, 0.25) is 11.8 Å². The summed E-state index contributed by atoms with van der Waals surface area (Å²) in [5.41, 5.74) is 1.76. The first-order chi connectivity index (χ1) is 15.0. The van der Waals surface area contributed by atoms with Gasteiger partial charge in [-0.2, -0.15) is 0 Å². The average molecular weight is 444 g/mol. The van der Waals surface area contributed by atoms with E-state index in [4.69, 9.17) is 0 Å². The van der Waals surface area contributed by atoms with Gasteiger partial charge >= 0.3 is 0 Å². The summed E-state index contributed by atoms with van der Waals surface area (Å²) in [4.78, 5) is 29.6. The van der Waals surface area contributed by atoms with Crippen LogP contribution in [0.2, 0.25) is 0 Å². The highest BCUT2D eigenvalue weighted by atomic mass is 32.2. The smallest absolute Gasteiger partial charge is 0.239 e. The van der Waals surface area contributed by atoms with Crippen LogP contribution in [0.1, 0.15) is 43.4 Å². The van der Waals surface area contributed by atoms with Gasteiger partial charge in [-0.05, 0) is 37.0 Å². The Bertz CT molecular complexity index is 965. The van der Waals surface area contributed by atoms with Crippen LogP contribution in [-0.4, -0.2) is 48.6 Å². The van der Waals surface area contributed by atoms with Gasteiger partial charge in [-0.3, -0.25) is 14.6 Å². The number of aryl methyl sites for hydroxylation is 1. The number of rotatable bonds is 12. The normalized spacial score (nSPS) is 16.1. The molecule has 7 nitrogen and oxygen atoms in total. The molecule has 1 atom stereocenters. The molecule has 8 heteroatoms. The second-order valence-electron chi connectivity index (χ2n) is 7.81.